The highest BCUT2D eigenvalue weighted by Crippen LogP contribution is 2.33. The van der Waals surface area contributed by atoms with Crippen molar-refractivity contribution in [3.05, 3.63) is 66.6 Å². The van der Waals surface area contributed by atoms with Gasteiger partial charge in [0.05, 0.1) is 34.3 Å². The Balaban J connectivity index is 1.49. The number of rotatable bonds is 4. The van der Waals surface area contributed by atoms with Crippen molar-refractivity contribution in [3.8, 4) is 33.8 Å². The van der Waals surface area contributed by atoms with Crippen LogP contribution in [0.15, 0.2) is 55.1 Å². The quantitative estimate of drug-likeness (QED) is 0.406. The second kappa shape index (κ2) is 8.42. The molecule has 0 spiro atoms. The Morgan fingerprint density at radius 1 is 1.03 bits per heavy atom. The van der Waals surface area contributed by atoms with Crippen LogP contribution in [0.25, 0.3) is 44.8 Å². The minimum absolute atomic E-state index is 0.141. The number of aryl methyl sites for hydroxylation is 1. The molecule has 0 saturated carbocycles. The summed E-state index contributed by atoms with van der Waals surface area (Å²) in [7, 11) is 0. The lowest BCUT2D eigenvalue weighted by Gasteiger charge is -2.22. The molecule has 1 atom stereocenters. The largest absolute Gasteiger partial charge is 0.357 e. The van der Waals surface area contributed by atoms with E-state index >= 15 is 0 Å². The van der Waals surface area contributed by atoms with E-state index in [-0.39, 0.29) is 12.0 Å². The van der Waals surface area contributed by atoms with Gasteiger partial charge in [0.15, 0.2) is 0 Å². The van der Waals surface area contributed by atoms with Crippen LogP contribution in [0.1, 0.15) is 31.2 Å². The van der Waals surface area contributed by atoms with Crippen molar-refractivity contribution in [1.82, 2.24) is 34.9 Å². The fraction of sp³-hybridized carbons (Fsp3) is 0.240. The number of fused-ring (bicyclic) bond motifs is 1. The fourth-order valence-corrected chi connectivity index (χ4v) is 4.25. The molecule has 34 heavy (non-hydrogen) atoms. The van der Waals surface area contributed by atoms with Gasteiger partial charge in [-0.05, 0) is 56.5 Å². The van der Waals surface area contributed by atoms with Gasteiger partial charge in [-0.2, -0.15) is 10.2 Å². The number of hydrogen-bond acceptors (Lipinski definition) is 6. The van der Waals surface area contributed by atoms with Gasteiger partial charge >= 0.3 is 0 Å². The Morgan fingerprint density at radius 3 is 2.74 bits per heavy atom. The van der Waals surface area contributed by atoms with E-state index in [2.05, 4.69) is 20.2 Å². The molecule has 5 aromatic heterocycles. The van der Waals surface area contributed by atoms with Gasteiger partial charge in [-0.3, -0.25) is 10.1 Å². The van der Waals surface area contributed by atoms with Crippen LogP contribution in [0.2, 0.25) is 0 Å². The average Bonchev–Trinajstić information content (AvgIpc) is 3.57. The molecule has 8 nitrogen and oxygen atoms in total. The highest BCUT2D eigenvalue weighted by molar-refractivity contribution is 5.85. The van der Waals surface area contributed by atoms with Crippen molar-refractivity contribution in [1.29, 1.82) is 0 Å². The Bertz CT molecular complexity index is 1470. The highest BCUT2D eigenvalue weighted by atomic mass is 19.1. The number of hydrogen-bond donors (Lipinski definition) is 1. The minimum Gasteiger partial charge on any atom is -0.357 e. The predicted octanol–water partition coefficient (Wildman–Crippen LogP) is 5.09. The van der Waals surface area contributed by atoms with E-state index < -0.39 is 0 Å². The topological polar surface area (TPSA) is 94.4 Å². The number of halogens is 1. The van der Waals surface area contributed by atoms with Crippen LogP contribution >= 0.6 is 0 Å². The third-order valence-corrected chi connectivity index (χ3v) is 6.09. The lowest BCUT2D eigenvalue weighted by atomic mass is 10.1. The summed E-state index contributed by atoms with van der Waals surface area (Å²) >= 11 is 0. The second-order valence-electron chi connectivity index (χ2n) is 8.40. The van der Waals surface area contributed by atoms with E-state index in [0.29, 0.717) is 23.7 Å². The number of H-pyrrole nitrogens is 1. The third-order valence-electron chi connectivity index (χ3n) is 6.09. The standard InChI is InChI=1S/C25H22FN7O/c1-15-19(26)5-6-22(30-15)25-18(14-33(32-25)24-4-2-3-9-34-24)20-7-8-21-23(31-20)10-16(11-27-21)17-12-28-29-13-17/h5-8,10-14,24H,2-4,9H2,1H3,(H,28,29). The first-order valence-corrected chi connectivity index (χ1v) is 11.3. The molecule has 1 fully saturated rings. The Kier molecular flexibility index (Phi) is 5.10. The molecule has 170 valence electrons. The summed E-state index contributed by atoms with van der Waals surface area (Å²) in [6.45, 7) is 2.36. The van der Waals surface area contributed by atoms with Gasteiger partial charge in [0.1, 0.15) is 17.7 Å². The summed E-state index contributed by atoms with van der Waals surface area (Å²) in [5.41, 5.74) is 6.51. The number of nitrogens with zero attached hydrogens (tertiary/aromatic N) is 6. The van der Waals surface area contributed by atoms with Crippen LogP contribution in [-0.4, -0.2) is 41.5 Å². The minimum atomic E-state index is -0.345. The maximum Gasteiger partial charge on any atom is 0.150 e. The molecule has 9 heteroatoms. The summed E-state index contributed by atoms with van der Waals surface area (Å²) < 4.78 is 21.7. The van der Waals surface area contributed by atoms with Crippen molar-refractivity contribution in [2.75, 3.05) is 6.61 Å². The van der Waals surface area contributed by atoms with Crippen LogP contribution in [0.5, 0.6) is 0 Å². The van der Waals surface area contributed by atoms with E-state index in [1.807, 2.05) is 41.5 Å². The van der Waals surface area contributed by atoms with Crippen LogP contribution in [0.4, 0.5) is 4.39 Å². The molecule has 0 aliphatic carbocycles. The van der Waals surface area contributed by atoms with Crippen molar-refractivity contribution >= 4 is 11.0 Å². The molecule has 1 aliphatic rings. The van der Waals surface area contributed by atoms with E-state index in [9.17, 15) is 4.39 Å². The first-order valence-electron chi connectivity index (χ1n) is 11.3. The Morgan fingerprint density at radius 2 is 1.94 bits per heavy atom. The lowest BCUT2D eigenvalue weighted by molar-refractivity contribution is -0.0393. The highest BCUT2D eigenvalue weighted by Gasteiger charge is 2.22. The van der Waals surface area contributed by atoms with Crippen LogP contribution in [-0.2, 0) is 4.74 Å². The summed E-state index contributed by atoms with van der Waals surface area (Å²) in [5.74, 6) is -0.345. The lowest BCUT2D eigenvalue weighted by Crippen LogP contribution is -2.18. The van der Waals surface area contributed by atoms with Crippen LogP contribution in [0, 0.1) is 12.7 Å². The first-order chi connectivity index (χ1) is 16.7. The zero-order valence-electron chi connectivity index (χ0n) is 18.6. The van der Waals surface area contributed by atoms with Crippen LogP contribution in [0.3, 0.4) is 0 Å². The molecule has 1 aliphatic heterocycles. The molecular formula is C25H22FN7O. The molecule has 6 heterocycles. The van der Waals surface area contributed by atoms with Crippen molar-refractivity contribution in [2.45, 2.75) is 32.4 Å². The van der Waals surface area contributed by atoms with Crippen LogP contribution < -0.4 is 0 Å². The zero-order chi connectivity index (χ0) is 23.1. The van der Waals surface area contributed by atoms with Gasteiger partial charge in [-0.15, -0.1) is 0 Å². The summed E-state index contributed by atoms with van der Waals surface area (Å²) in [5, 5.41) is 11.7. The van der Waals surface area contributed by atoms with Crippen molar-refractivity contribution < 1.29 is 9.13 Å². The molecule has 0 aromatic carbocycles. The van der Waals surface area contributed by atoms with Gasteiger partial charge in [0.25, 0.3) is 0 Å². The number of pyridine rings is 3. The molecule has 0 bridgehead atoms. The molecule has 0 radical (unpaired) electrons. The smallest absolute Gasteiger partial charge is 0.150 e. The molecule has 5 aromatic rings. The zero-order valence-corrected chi connectivity index (χ0v) is 18.6. The Labute approximate surface area is 194 Å². The van der Waals surface area contributed by atoms with Gasteiger partial charge < -0.3 is 4.74 Å². The van der Waals surface area contributed by atoms with E-state index in [1.165, 1.54) is 6.07 Å². The summed E-state index contributed by atoms with van der Waals surface area (Å²) in [4.78, 5) is 13.9. The monoisotopic (exact) mass is 455 g/mol. The van der Waals surface area contributed by atoms with Gasteiger partial charge in [0, 0.05) is 41.9 Å². The van der Waals surface area contributed by atoms with Gasteiger partial charge in [-0.1, -0.05) is 0 Å². The van der Waals surface area contributed by atoms with Gasteiger partial charge in [0.2, 0.25) is 0 Å². The van der Waals surface area contributed by atoms with E-state index in [4.69, 9.17) is 14.8 Å². The molecule has 1 N–H and O–H groups in total. The molecule has 6 rings (SSSR count). The molecular weight excluding hydrogens is 433 g/mol. The summed E-state index contributed by atoms with van der Waals surface area (Å²) in [6.07, 6.45) is 10.2. The van der Waals surface area contributed by atoms with Gasteiger partial charge in [-0.25, -0.2) is 19.0 Å². The SMILES string of the molecule is Cc1nc(-c2nn(C3CCCCO3)cc2-c2ccc3ncc(-c4cn[nH]c4)cc3n2)ccc1F. The van der Waals surface area contributed by atoms with E-state index in [1.54, 1.807) is 19.2 Å². The Hall–Kier alpha value is -3.98. The number of nitrogens with one attached hydrogen (secondary N) is 1. The fourth-order valence-electron chi connectivity index (χ4n) is 4.25. The van der Waals surface area contributed by atoms with E-state index in [0.717, 1.165) is 52.7 Å². The predicted molar refractivity (Wildman–Crippen MR) is 125 cm³/mol. The van der Waals surface area contributed by atoms with Crippen molar-refractivity contribution in [3.63, 3.8) is 0 Å². The first kappa shape index (κ1) is 20.6. The summed E-state index contributed by atoms with van der Waals surface area (Å²) in [6, 6.07) is 8.94. The average molecular weight is 455 g/mol. The normalized spacial score (nSPS) is 16.2. The number of aromatic nitrogens is 7. The molecule has 1 unspecified atom stereocenters. The second-order valence-corrected chi connectivity index (χ2v) is 8.40. The van der Waals surface area contributed by atoms with Crippen molar-refractivity contribution in [2.24, 2.45) is 0 Å². The number of aromatic amines is 1. The molecule has 1 saturated heterocycles. The maximum absolute atomic E-state index is 13.9. The molecule has 0 amide bonds. The maximum atomic E-state index is 13.9. The third kappa shape index (κ3) is 3.73. The number of ether oxygens (including phenoxy) is 1.